The van der Waals surface area contributed by atoms with Crippen molar-refractivity contribution in [2.75, 3.05) is 7.11 Å². The predicted molar refractivity (Wildman–Crippen MR) is 89.6 cm³/mol. The Kier molecular flexibility index (Phi) is 9.16. The van der Waals surface area contributed by atoms with Crippen LogP contribution in [-0.2, 0) is 0 Å². The van der Waals surface area contributed by atoms with Gasteiger partial charge in [0.15, 0.2) is 5.78 Å². The summed E-state index contributed by atoms with van der Waals surface area (Å²) in [5.74, 6) is 0.879. The van der Waals surface area contributed by atoms with Gasteiger partial charge in [0.2, 0.25) is 0 Å². The Morgan fingerprint density at radius 3 is 2.33 bits per heavy atom. The van der Waals surface area contributed by atoms with E-state index in [4.69, 9.17) is 16.3 Å². The molecule has 0 bridgehead atoms. The number of benzene rings is 1. The fraction of sp³-hybridized carbons (Fsp3) is 0.611. The third-order valence-corrected chi connectivity index (χ3v) is 4.06. The van der Waals surface area contributed by atoms with Gasteiger partial charge in [0.1, 0.15) is 5.75 Å². The number of carbonyl (C=O) groups excluding carboxylic acids is 1. The Morgan fingerprint density at radius 2 is 1.71 bits per heavy atom. The molecule has 2 nitrogen and oxygen atoms in total. The van der Waals surface area contributed by atoms with Crippen molar-refractivity contribution >= 4 is 17.4 Å². The fourth-order valence-corrected chi connectivity index (χ4v) is 2.64. The number of hydrogen-bond acceptors (Lipinski definition) is 2. The molecule has 0 aromatic heterocycles. The van der Waals surface area contributed by atoms with E-state index in [9.17, 15) is 4.79 Å². The van der Waals surface area contributed by atoms with Crippen molar-refractivity contribution in [3.05, 3.63) is 29.8 Å². The first-order chi connectivity index (χ1) is 10.2. The molecule has 1 unspecified atom stereocenters. The average Bonchev–Trinajstić information content (AvgIpc) is 2.50. The molecule has 1 aromatic rings. The molecule has 0 aliphatic carbocycles. The third-order valence-electron chi connectivity index (χ3n) is 3.69. The van der Waals surface area contributed by atoms with Crippen LogP contribution in [-0.4, -0.2) is 18.3 Å². The zero-order valence-corrected chi connectivity index (χ0v) is 14.0. The number of rotatable bonds is 11. The molecule has 0 radical (unpaired) electrons. The lowest BCUT2D eigenvalue weighted by molar-refractivity contribution is 0.0980. The number of ether oxygens (including phenoxy) is 1. The number of alkyl halides is 1. The molecule has 0 saturated heterocycles. The van der Waals surface area contributed by atoms with E-state index in [0.29, 0.717) is 12.0 Å². The smallest absolute Gasteiger partial charge is 0.164 e. The Labute approximate surface area is 133 Å². The van der Waals surface area contributed by atoms with E-state index in [-0.39, 0.29) is 11.2 Å². The number of methoxy groups -OCH3 is 1. The molecule has 0 saturated carbocycles. The highest BCUT2D eigenvalue weighted by molar-refractivity contribution is 6.22. The molecule has 0 heterocycles. The van der Waals surface area contributed by atoms with Gasteiger partial charge in [0, 0.05) is 17.4 Å². The zero-order chi connectivity index (χ0) is 15.5. The lowest BCUT2D eigenvalue weighted by Crippen LogP contribution is -2.08. The Bertz CT molecular complexity index is 400. The first-order valence-electron chi connectivity index (χ1n) is 7.98. The van der Waals surface area contributed by atoms with Crippen LogP contribution in [0.3, 0.4) is 0 Å². The number of carbonyl (C=O) groups is 1. The van der Waals surface area contributed by atoms with Gasteiger partial charge in [0.25, 0.3) is 0 Å². The first kappa shape index (κ1) is 18.0. The maximum Gasteiger partial charge on any atom is 0.164 e. The van der Waals surface area contributed by atoms with Crippen LogP contribution in [0.25, 0.3) is 0 Å². The van der Waals surface area contributed by atoms with Crippen molar-refractivity contribution in [3.8, 4) is 5.75 Å². The van der Waals surface area contributed by atoms with Gasteiger partial charge >= 0.3 is 0 Å². The molecule has 0 amide bonds. The van der Waals surface area contributed by atoms with Gasteiger partial charge in [-0.25, -0.2) is 0 Å². The lowest BCUT2D eigenvalue weighted by atomic mass is 10.0. The summed E-state index contributed by atoms with van der Waals surface area (Å²) in [5, 5.41) is -0.0502. The van der Waals surface area contributed by atoms with Crippen LogP contribution < -0.4 is 4.74 Å². The molecule has 0 fully saturated rings. The van der Waals surface area contributed by atoms with Crippen LogP contribution in [0.4, 0.5) is 0 Å². The lowest BCUT2D eigenvalue weighted by Gasteiger charge is -2.09. The molecule has 0 aliphatic heterocycles. The van der Waals surface area contributed by atoms with Crippen LogP contribution in [0.15, 0.2) is 24.3 Å². The van der Waals surface area contributed by atoms with Crippen molar-refractivity contribution in [2.45, 2.75) is 63.7 Å². The number of hydrogen-bond donors (Lipinski definition) is 0. The summed E-state index contributed by atoms with van der Waals surface area (Å²) >= 11 is 6.28. The summed E-state index contributed by atoms with van der Waals surface area (Å²) in [7, 11) is 1.62. The van der Waals surface area contributed by atoms with Crippen molar-refractivity contribution in [1.82, 2.24) is 0 Å². The van der Waals surface area contributed by atoms with E-state index < -0.39 is 0 Å². The van der Waals surface area contributed by atoms with Gasteiger partial charge in [-0.05, 0) is 30.7 Å². The molecule has 1 aromatic carbocycles. The number of halogens is 1. The molecule has 0 spiro atoms. The van der Waals surface area contributed by atoms with Crippen molar-refractivity contribution in [2.24, 2.45) is 0 Å². The highest BCUT2D eigenvalue weighted by atomic mass is 35.5. The topological polar surface area (TPSA) is 26.3 Å². The highest BCUT2D eigenvalue weighted by Crippen LogP contribution is 2.18. The molecule has 1 atom stereocenters. The Balaban J connectivity index is 2.23. The summed E-state index contributed by atoms with van der Waals surface area (Å²) in [6, 6.07) is 7.22. The highest BCUT2D eigenvalue weighted by Gasteiger charge is 2.12. The Hall–Kier alpha value is -1.02. The van der Waals surface area contributed by atoms with E-state index >= 15 is 0 Å². The third kappa shape index (κ3) is 7.52. The molecular weight excluding hydrogens is 284 g/mol. The minimum absolute atomic E-state index is 0.0502. The Morgan fingerprint density at radius 1 is 1.10 bits per heavy atom. The molecule has 118 valence electrons. The minimum Gasteiger partial charge on any atom is -0.497 e. The molecular formula is C18H27ClO2. The SMILES string of the molecule is CCCCCCCCC(Cl)CC(=O)c1ccc(OC)cc1. The van der Waals surface area contributed by atoms with Crippen molar-refractivity contribution < 1.29 is 9.53 Å². The predicted octanol–water partition coefficient (Wildman–Crippen LogP) is 5.63. The van der Waals surface area contributed by atoms with Gasteiger partial charge in [-0.15, -0.1) is 11.6 Å². The van der Waals surface area contributed by atoms with Gasteiger partial charge < -0.3 is 4.74 Å². The van der Waals surface area contributed by atoms with Gasteiger partial charge in [-0.2, -0.15) is 0 Å². The zero-order valence-electron chi connectivity index (χ0n) is 13.2. The molecule has 1 rings (SSSR count). The molecule has 3 heteroatoms. The fourth-order valence-electron chi connectivity index (χ4n) is 2.34. The monoisotopic (exact) mass is 310 g/mol. The van der Waals surface area contributed by atoms with E-state index in [0.717, 1.165) is 18.6 Å². The van der Waals surface area contributed by atoms with Gasteiger partial charge in [0.05, 0.1) is 7.11 Å². The second kappa shape index (κ2) is 10.7. The normalized spacial score (nSPS) is 12.1. The molecule has 0 aliphatic rings. The van der Waals surface area contributed by atoms with E-state index in [1.807, 2.05) is 12.1 Å². The van der Waals surface area contributed by atoms with Crippen molar-refractivity contribution in [1.29, 1.82) is 0 Å². The number of ketones is 1. The van der Waals surface area contributed by atoms with Crippen LogP contribution >= 0.6 is 11.6 Å². The maximum atomic E-state index is 12.1. The van der Waals surface area contributed by atoms with Crippen molar-refractivity contribution in [3.63, 3.8) is 0 Å². The maximum absolute atomic E-state index is 12.1. The first-order valence-corrected chi connectivity index (χ1v) is 8.42. The standard InChI is InChI=1S/C18H27ClO2/c1-3-4-5-6-7-8-9-16(19)14-18(20)15-10-12-17(21-2)13-11-15/h10-13,16H,3-9,14H2,1-2H3. The van der Waals surface area contributed by atoms with E-state index in [1.165, 1.54) is 32.1 Å². The summed E-state index contributed by atoms with van der Waals surface area (Å²) in [6.45, 7) is 2.22. The number of Topliss-reactive ketones (excluding diaryl/α,β-unsaturated/α-hetero) is 1. The largest absolute Gasteiger partial charge is 0.497 e. The summed E-state index contributed by atoms with van der Waals surface area (Å²) in [6.07, 6.45) is 8.87. The summed E-state index contributed by atoms with van der Waals surface area (Å²) < 4.78 is 5.09. The van der Waals surface area contributed by atoms with Gasteiger partial charge in [-0.1, -0.05) is 45.4 Å². The van der Waals surface area contributed by atoms with Crippen LogP contribution in [0.5, 0.6) is 5.75 Å². The second-order valence-corrected chi connectivity index (χ2v) is 6.13. The van der Waals surface area contributed by atoms with Crippen LogP contribution in [0.1, 0.15) is 68.6 Å². The minimum atomic E-state index is -0.0502. The number of unbranched alkanes of at least 4 members (excludes halogenated alkanes) is 5. The van der Waals surface area contributed by atoms with E-state index in [2.05, 4.69) is 6.92 Å². The van der Waals surface area contributed by atoms with Crippen LogP contribution in [0, 0.1) is 0 Å². The summed E-state index contributed by atoms with van der Waals surface area (Å²) in [5.41, 5.74) is 0.712. The summed E-state index contributed by atoms with van der Waals surface area (Å²) in [4.78, 5) is 12.1. The van der Waals surface area contributed by atoms with Gasteiger partial charge in [-0.3, -0.25) is 4.79 Å². The quantitative estimate of drug-likeness (QED) is 0.301. The molecule has 0 N–H and O–H groups in total. The van der Waals surface area contributed by atoms with E-state index in [1.54, 1.807) is 19.2 Å². The molecule has 21 heavy (non-hydrogen) atoms. The second-order valence-electron chi connectivity index (χ2n) is 5.51. The van der Waals surface area contributed by atoms with Crippen LogP contribution in [0.2, 0.25) is 0 Å². The average molecular weight is 311 g/mol.